The number of aromatic nitrogens is 5. The van der Waals surface area contributed by atoms with Gasteiger partial charge in [0.15, 0.2) is 11.9 Å². The zero-order chi connectivity index (χ0) is 23.9. The Bertz CT molecular complexity index is 1580. The largest absolute Gasteiger partial charge is 0.412 e. The zero-order valence-corrected chi connectivity index (χ0v) is 17.8. The van der Waals surface area contributed by atoms with Crippen molar-refractivity contribution in [2.24, 2.45) is 0 Å². The van der Waals surface area contributed by atoms with E-state index in [2.05, 4.69) is 30.2 Å². The van der Waals surface area contributed by atoms with E-state index in [9.17, 15) is 18.0 Å². The summed E-state index contributed by atoms with van der Waals surface area (Å²) >= 11 is 0. The smallest absolute Gasteiger partial charge is 0.353 e. The number of hydrogen-bond donors (Lipinski definition) is 2. The highest BCUT2D eigenvalue weighted by Crippen LogP contribution is 2.40. The number of alkyl halides is 3. The SMILES string of the molecule is Cc1cccc2cc([C@@H](Nc3ncnc4cccnc34)C(F)(F)F)c(-c3ccc[nH]c3=O)nc12. The number of H-pyrrole nitrogens is 1. The zero-order valence-electron chi connectivity index (χ0n) is 17.8. The molecule has 0 unspecified atom stereocenters. The maximum atomic E-state index is 14.5. The molecule has 0 aliphatic heterocycles. The van der Waals surface area contributed by atoms with Gasteiger partial charge in [0.2, 0.25) is 0 Å². The number of anilines is 1. The predicted molar refractivity (Wildman–Crippen MR) is 122 cm³/mol. The highest BCUT2D eigenvalue weighted by molar-refractivity contribution is 5.87. The average Bonchev–Trinajstić information content (AvgIpc) is 2.82. The molecule has 0 aliphatic rings. The van der Waals surface area contributed by atoms with Crippen LogP contribution in [-0.4, -0.2) is 31.1 Å². The number of nitrogens with one attached hydrogen (secondary N) is 2. The fraction of sp³-hybridized carbons (Fsp3) is 0.125. The van der Waals surface area contributed by atoms with Crippen molar-refractivity contribution < 1.29 is 13.2 Å². The van der Waals surface area contributed by atoms with Gasteiger partial charge in [0.05, 0.1) is 22.3 Å². The molecule has 5 rings (SSSR count). The van der Waals surface area contributed by atoms with Crippen molar-refractivity contribution >= 4 is 27.8 Å². The second kappa shape index (κ2) is 8.22. The van der Waals surface area contributed by atoms with E-state index >= 15 is 0 Å². The summed E-state index contributed by atoms with van der Waals surface area (Å²) in [5, 5.41) is 3.02. The molecular weight excluding hydrogens is 445 g/mol. The van der Waals surface area contributed by atoms with Gasteiger partial charge in [-0.25, -0.2) is 15.0 Å². The van der Waals surface area contributed by atoms with Gasteiger partial charge in [0.1, 0.15) is 11.8 Å². The number of aryl methyl sites for hydroxylation is 1. The molecule has 1 aromatic carbocycles. The number of hydrogen-bond acceptors (Lipinski definition) is 6. The number of halogens is 3. The summed E-state index contributed by atoms with van der Waals surface area (Å²) in [5.74, 6) is -0.0785. The Morgan fingerprint density at radius 3 is 2.65 bits per heavy atom. The second-order valence-electron chi connectivity index (χ2n) is 7.70. The molecule has 2 N–H and O–H groups in total. The minimum atomic E-state index is -4.75. The molecule has 0 saturated heterocycles. The summed E-state index contributed by atoms with van der Waals surface area (Å²) in [7, 11) is 0. The van der Waals surface area contributed by atoms with Crippen molar-refractivity contribution in [3.63, 3.8) is 0 Å². The van der Waals surface area contributed by atoms with Crippen LogP contribution in [0.5, 0.6) is 0 Å². The Balaban J connectivity index is 1.77. The Morgan fingerprint density at radius 1 is 1.00 bits per heavy atom. The molecule has 0 spiro atoms. The van der Waals surface area contributed by atoms with Crippen LogP contribution in [0.25, 0.3) is 33.2 Å². The van der Waals surface area contributed by atoms with Crippen LogP contribution in [0, 0.1) is 6.92 Å². The first kappa shape index (κ1) is 21.5. The van der Waals surface area contributed by atoms with Crippen LogP contribution in [-0.2, 0) is 0 Å². The molecule has 4 aromatic heterocycles. The molecule has 5 aromatic rings. The average molecular weight is 462 g/mol. The van der Waals surface area contributed by atoms with Crippen LogP contribution in [0.1, 0.15) is 17.2 Å². The number of rotatable bonds is 4. The van der Waals surface area contributed by atoms with Crippen LogP contribution in [0.4, 0.5) is 19.0 Å². The minimum Gasteiger partial charge on any atom is -0.353 e. The third kappa shape index (κ3) is 3.83. The molecule has 0 amide bonds. The molecule has 4 heterocycles. The number of benzene rings is 1. The van der Waals surface area contributed by atoms with Gasteiger partial charge in [-0.3, -0.25) is 9.78 Å². The van der Waals surface area contributed by atoms with Crippen molar-refractivity contribution in [2.75, 3.05) is 5.32 Å². The van der Waals surface area contributed by atoms with Gasteiger partial charge in [-0.1, -0.05) is 18.2 Å². The summed E-state index contributed by atoms with van der Waals surface area (Å²) in [5.41, 5.74) is 1.11. The Kier molecular flexibility index (Phi) is 5.20. The number of para-hydroxylation sites is 1. The van der Waals surface area contributed by atoms with E-state index in [1.54, 1.807) is 30.3 Å². The van der Waals surface area contributed by atoms with Gasteiger partial charge in [-0.15, -0.1) is 0 Å². The number of aromatic amines is 1. The fourth-order valence-corrected chi connectivity index (χ4v) is 3.88. The van der Waals surface area contributed by atoms with Gasteiger partial charge in [-0.2, -0.15) is 13.2 Å². The van der Waals surface area contributed by atoms with Crippen LogP contribution in [0.3, 0.4) is 0 Å². The second-order valence-corrected chi connectivity index (χ2v) is 7.70. The van der Waals surface area contributed by atoms with Crippen molar-refractivity contribution in [1.29, 1.82) is 0 Å². The lowest BCUT2D eigenvalue weighted by Gasteiger charge is -2.25. The molecule has 0 aliphatic carbocycles. The van der Waals surface area contributed by atoms with Crippen molar-refractivity contribution in [2.45, 2.75) is 19.1 Å². The maximum absolute atomic E-state index is 14.5. The van der Waals surface area contributed by atoms with E-state index in [0.29, 0.717) is 16.4 Å². The van der Waals surface area contributed by atoms with Crippen LogP contribution in [0.15, 0.2) is 72.0 Å². The Morgan fingerprint density at radius 2 is 1.85 bits per heavy atom. The highest BCUT2D eigenvalue weighted by Gasteiger charge is 2.43. The van der Waals surface area contributed by atoms with Crippen LogP contribution in [0.2, 0.25) is 0 Å². The lowest BCUT2D eigenvalue weighted by atomic mass is 9.97. The van der Waals surface area contributed by atoms with Gasteiger partial charge in [0.25, 0.3) is 5.56 Å². The lowest BCUT2D eigenvalue weighted by molar-refractivity contribution is -0.143. The molecule has 34 heavy (non-hydrogen) atoms. The quantitative estimate of drug-likeness (QED) is 0.392. The summed E-state index contributed by atoms with van der Waals surface area (Å²) in [6.07, 6.45) is -0.711. The van der Waals surface area contributed by atoms with E-state index in [-0.39, 0.29) is 28.2 Å². The molecule has 0 radical (unpaired) electrons. The van der Waals surface area contributed by atoms with E-state index in [4.69, 9.17) is 0 Å². The fourth-order valence-electron chi connectivity index (χ4n) is 3.88. The van der Waals surface area contributed by atoms with Crippen molar-refractivity contribution in [1.82, 2.24) is 24.9 Å². The minimum absolute atomic E-state index is 0.0318. The monoisotopic (exact) mass is 462 g/mol. The predicted octanol–water partition coefficient (Wildman–Crippen LogP) is 4.95. The lowest BCUT2D eigenvalue weighted by Crippen LogP contribution is -2.29. The molecule has 0 fully saturated rings. The third-order valence-corrected chi connectivity index (χ3v) is 5.46. The van der Waals surface area contributed by atoms with Crippen molar-refractivity contribution in [3.05, 3.63) is 88.7 Å². The molecule has 7 nitrogen and oxygen atoms in total. The first-order chi connectivity index (χ1) is 16.3. The maximum Gasteiger partial charge on any atom is 0.412 e. The third-order valence-electron chi connectivity index (χ3n) is 5.46. The first-order valence-corrected chi connectivity index (χ1v) is 10.3. The number of pyridine rings is 3. The topological polar surface area (TPSA) is 96.5 Å². The Hall–Kier alpha value is -4.34. The van der Waals surface area contributed by atoms with E-state index in [0.717, 1.165) is 5.56 Å². The summed E-state index contributed by atoms with van der Waals surface area (Å²) in [6, 6.07) is 10.7. The van der Waals surface area contributed by atoms with Gasteiger partial charge < -0.3 is 10.3 Å². The molecule has 0 bridgehead atoms. The highest BCUT2D eigenvalue weighted by atomic mass is 19.4. The normalized spacial score (nSPS) is 12.7. The van der Waals surface area contributed by atoms with E-state index in [1.807, 2.05) is 13.0 Å². The number of nitrogens with zero attached hydrogens (tertiary/aromatic N) is 4. The number of fused-ring (bicyclic) bond motifs is 2. The van der Waals surface area contributed by atoms with Crippen molar-refractivity contribution in [3.8, 4) is 11.3 Å². The molecule has 170 valence electrons. The van der Waals surface area contributed by atoms with E-state index < -0.39 is 17.8 Å². The summed E-state index contributed by atoms with van der Waals surface area (Å²) in [4.78, 5) is 31.8. The summed E-state index contributed by atoms with van der Waals surface area (Å²) in [6.45, 7) is 1.81. The van der Waals surface area contributed by atoms with Crippen LogP contribution < -0.4 is 10.9 Å². The molecular formula is C24H17F3N6O. The first-order valence-electron chi connectivity index (χ1n) is 10.3. The van der Waals surface area contributed by atoms with Crippen LogP contribution >= 0.6 is 0 Å². The molecule has 1 atom stereocenters. The molecule has 0 saturated carbocycles. The van der Waals surface area contributed by atoms with Gasteiger partial charge in [-0.05, 0) is 42.8 Å². The van der Waals surface area contributed by atoms with Gasteiger partial charge >= 0.3 is 6.18 Å². The molecule has 10 heteroatoms. The van der Waals surface area contributed by atoms with E-state index in [1.165, 1.54) is 30.9 Å². The summed E-state index contributed by atoms with van der Waals surface area (Å²) < 4.78 is 43.6. The Labute approximate surface area is 190 Å². The standard InChI is InChI=1S/C24H17F3N6O/c1-13-5-2-6-14-11-16(19(32-18(13)14)15-7-3-10-29-23(15)34)21(24(25,26)27)33-22-20-17(30-12-31-22)8-4-9-28-20/h2-12,21H,1H3,(H,29,34)(H,30,31,33)/t21-/m1/s1. The van der Waals surface area contributed by atoms with Gasteiger partial charge in [0, 0.05) is 23.3 Å².